The second kappa shape index (κ2) is 20.2. The van der Waals surface area contributed by atoms with E-state index < -0.39 is 47.9 Å². The van der Waals surface area contributed by atoms with Gasteiger partial charge in [0.25, 0.3) is 0 Å². The summed E-state index contributed by atoms with van der Waals surface area (Å²) in [4.78, 5) is 63.0. The lowest BCUT2D eigenvalue weighted by atomic mass is 10.0. The van der Waals surface area contributed by atoms with Crippen molar-refractivity contribution in [3.63, 3.8) is 0 Å². The zero-order valence-electron chi connectivity index (χ0n) is 25.0. The number of unbranched alkanes of at least 4 members (excludes halogenated alkanes) is 1. The number of alkyl carbamates (subject to hydrolysis) is 1. The highest BCUT2D eigenvalue weighted by Crippen LogP contribution is 2.09. The standard InChI is InChI=1S/C32H43N5O7/c1-2-43-29(39)19-17-25(16-18-28(34)38)35-31(41)27(21-23-11-5-3-6-12-23)36-30(40)26(15-9-10-20-33)37-32(42)44-22-24-13-7-4-8-14-24/h3-8,11-14,17,19,25-27H,2,9-10,15-16,18,20-22,33H2,1H3,(H2,34,38)(H,35,41)(H,36,40)(H,37,42)/b19-17+/t25-,26-,27-/m0/s1. The maximum absolute atomic E-state index is 13.6. The number of hydrogen-bond donors (Lipinski definition) is 5. The first-order chi connectivity index (χ1) is 21.2. The molecule has 0 saturated heterocycles. The van der Waals surface area contributed by atoms with Crippen LogP contribution in [0.15, 0.2) is 72.8 Å². The molecule has 238 valence electrons. The van der Waals surface area contributed by atoms with Crippen molar-refractivity contribution in [2.75, 3.05) is 13.2 Å². The Morgan fingerprint density at radius 3 is 2.05 bits per heavy atom. The van der Waals surface area contributed by atoms with Gasteiger partial charge in [0.2, 0.25) is 17.7 Å². The average molecular weight is 610 g/mol. The molecule has 0 aliphatic carbocycles. The monoisotopic (exact) mass is 609 g/mol. The molecule has 7 N–H and O–H groups in total. The molecule has 4 amide bonds. The van der Waals surface area contributed by atoms with Crippen LogP contribution in [0.5, 0.6) is 0 Å². The molecule has 2 aromatic rings. The molecule has 0 unspecified atom stereocenters. The van der Waals surface area contributed by atoms with Gasteiger partial charge in [0.05, 0.1) is 6.61 Å². The summed E-state index contributed by atoms with van der Waals surface area (Å²) in [6, 6.07) is 15.4. The molecular formula is C32H43N5O7. The van der Waals surface area contributed by atoms with Gasteiger partial charge in [-0.3, -0.25) is 14.4 Å². The third-order valence-electron chi connectivity index (χ3n) is 6.46. The number of ether oxygens (including phenoxy) is 2. The van der Waals surface area contributed by atoms with Crippen molar-refractivity contribution in [1.82, 2.24) is 16.0 Å². The number of benzene rings is 2. The Balaban J connectivity index is 2.21. The maximum Gasteiger partial charge on any atom is 0.408 e. The van der Waals surface area contributed by atoms with Crippen LogP contribution >= 0.6 is 0 Å². The number of nitrogens with two attached hydrogens (primary N) is 2. The van der Waals surface area contributed by atoms with Crippen LogP contribution in [0, 0.1) is 0 Å². The molecule has 12 nitrogen and oxygen atoms in total. The first kappa shape index (κ1) is 35.5. The van der Waals surface area contributed by atoms with Crippen LogP contribution in [0.4, 0.5) is 4.79 Å². The van der Waals surface area contributed by atoms with Crippen LogP contribution in [0.2, 0.25) is 0 Å². The number of amides is 4. The van der Waals surface area contributed by atoms with Gasteiger partial charge in [0.15, 0.2) is 0 Å². The topological polar surface area (TPSA) is 192 Å². The molecule has 2 aromatic carbocycles. The van der Waals surface area contributed by atoms with Crippen molar-refractivity contribution in [2.24, 2.45) is 11.5 Å². The van der Waals surface area contributed by atoms with Crippen molar-refractivity contribution in [3.05, 3.63) is 83.9 Å². The minimum absolute atomic E-state index is 0.0227. The number of esters is 1. The fourth-order valence-electron chi connectivity index (χ4n) is 4.18. The summed E-state index contributed by atoms with van der Waals surface area (Å²) in [7, 11) is 0. The highest BCUT2D eigenvalue weighted by molar-refractivity contribution is 5.91. The Labute approximate surface area is 257 Å². The van der Waals surface area contributed by atoms with E-state index >= 15 is 0 Å². The van der Waals surface area contributed by atoms with Crippen molar-refractivity contribution in [2.45, 2.75) is 70.2 Å². The Morgan fingerprint density at radius 2 is 1.43 bits per heavy atom. The molecule has 0 aliphatic rings. The molecule has 44 heavy (non-hydrogen) atoms. The van der Waals surface area contributed by atoms with E-state index in [1.165, 1.54) is 12.2 Å². The number of nitrogens with one attached hydrogen (secondary N) is 3. The average Bonchev–Trinajstić information content (AvgIpc) is 3.01. The van der Waals surface area contributed by atoms with Crippen LogP contribution in [-0.2, 0) is 41.7 Å². The van der Waals surface area contributed by atoms with Gasteiger partial charge in [-0.15, -0.1) is 0 Å². The molecule has 2 rings (SSSR count). The summed E-state index contributed by atoms with van der Waals surface area (Å²) in [5.41, 5.74) is 12.5. The van der Waals surface area contributed by atoms with Crippen LogP contribution in [-0.4, -0.2) is 61.1 Å². The molecular weight excluding hydrogens is 566 g/mol. The predicted octanol–water partition coefficient (Wildman–Crippen LogP) is 2.01. The third-order valence-corrected chi connectivity index (χ3v) is 6.46. The van der Waals surface area contributed by atoms with E-state index in [1.54, 1.807) is 6.92 Å². The lowest BCUT2D eigenvalue weighted by Gasteiger charge is -2.25. The van der Waals surface area contributed by atoms with Gasteiger partial charge in [0.1, 0.15) is 18.7 Å². The van der Waals surface area contributed by atoms with E-state index in [0.29, 0.717) is 19.4 Å². The summed E-state index contributed by atoms with van der Waals surface area (Å²) >= 11 is 0. The summed E-state index contributed by atoms with van der Waals surface area (Å²) in [5.74, 6) is -2.32. The molecule has 0 aliphatic heterocycles. The molecule has 0 spiro atoms. The number of rotatable bonds is 19. The zero-order chi connectivity index (χ0) is 32.2. The largest absolute Gasteiger partial charge is 0.463 e. The van der Waals surface area contributed by atoms with E-state index in [-0.39, 0.29) is 38.9 Å². The molecule has 0 radical (unpaired) electrons. The van der Waals surface area contributed by atoms with Gasteiger partial charge in [-0.2, -0.15) is 0 Å². The Hall–Kier alpha value is -4.71. The van der Waals surface area contributed by atoms with Crippen LogP contribution < -0.4 is 27.4 Å². The van der Waals surface area contributed by atoms with Crippen molar-refractivity contribution >= 4 is 29.8 Å². The van der Waals surface area contributed by atoms with Gasteiger partial charge in [-0.05, 0) is 50.3 Å². The van der Waals surface area contributed by atoms with Crippen LogP contribution in [0.25, 0.3) is 0 Å². The minimum Gasteiger partial charge on any atom is -0.463 e. The summed E-state index contributed by atoms with van der Waals surface area (Å²) < 4.78 is 10.2. The smallest absolute Gasteiger partial charge is 0.408 e. The lowest BCUT2D eigenvalue weighted by molar-refractivity contribution is -0.137. The van der Waals surface area contributed by atoms with Crippen LogP contribution in [0.1, 0.15) is 50.2 Å². The fraction of sp³-hybridized carbons (Fsp3) is 0.406. The van der Waals surface area contributed by atoms with Crippen molar-refractivity contribution in [1.29, 1.82) is 0 Å². The number of hydrogen-bond acceptors (Lipinski definition) is 8. The number of carbonyl (C=O) groups is 5. The lowest BCUT2D eigenvalue weighted by Crippen LogP contribution is -2.55. The summed E-state index contributed by atoms with van der Waals surface area (Å²) in [6.07, 6.45) is 3.47. The van der Waals surface area contributed by atoms with Gasteiger partial charge in [0, 0.05) is 25.0 Å². The highest BCUT2D eigenvalue weighted by Gasteiger charge is 2.28. The normalized spacial score (nSPS) is 12.9. The Bertz CT molecular complexity index is 1220. The van der Waals surface area contributed by atoms with Crippen molar-refractivity contribution in [3.8, 4) is 0 Å². The Kier molecular flexibility index (Phi) is 16.3. The fourth-order valence-corrected chi connectivity index (χ4v) is 4.18. The SMILES string of the molecule is CCOC(=O)/C=C/[C@H](CCC(N)=O)NC(=O)[C@H](Cc1ccccc1)NC(=O)[C@H](CCCCN)NC(=O)OCc1ccccc1. The second-order valence-corrected chi connectivity index (χ2v) is 10.0. The number of primary amides is 1. The summed E-state index contributed by atoms with van der Waals surface area (Å²) in [6.45, 7) is 2.27. The molecule has 0 bridgehead atoms. The molecule has 3 atom stereocenters. The molecule has 0 aromatic heterocycles. The van der Waals surface area contributed by atoms with Gasteiger partial charge in [-0.1, -0.05) is 66.7 Å². The van der Waals surface area contributed by atoms with Gasteiger partial charge < -0.3 is 36.9 Å². The first-order valence-electron chi connectivity index (χ1n) is 14.7. The van der Waals surface area contributed by atoms with E-state index in [4.69, 9.17) is 20.9 Å². The van der Waals surface area contributed by atoms with Crippen molar-refractivity contribution < 1.29 is 33.4 Å². The molecule has 12 heteroatoms. The van der Waals surface area contributed by atoms with E-state index in [1.807, 2.05) is 60.7 Å². The van der Waals surface area contributed by atoms with E-state index in [9.17, 15) is 24.0 Å². The molecule has 0 saturated carbocycles. The maximum atomic E-state index is 13.6. The third kappa shape index (κ3) is 14.5. The Morgan fingerprint density at radius 1 is 0.795 bits per heavy atom. The highest BCUT2D eigenvalue weighted by atomic mass is 16.5. The first-order valence-corrected chi connectivity index (χ1v) is 14.7. The quantitative estimate of drug-likeness (QED) is 0.0907. The van der Waals surface area contributed by atoms with Crippen LogP contribution in [0.3, 0.4) is 0 Å². The number of carbonyl (C=O) groups excluding carboxylic acids is 5. The minimum atomic E-state index is -1.06. The van der Waals surface area contributed by atoms with E-state index in [0.717, 1.165) is 11.1 Å². The van der Waals surface area contributed by atoms with Gasteiger partial charge >= 0.3 is 12.1 Å². The summed E-state index contributed by atoms with van der Waals surface area (Å²) in [5, 5.41) is 8.16. The second-order valence-electron chi connectivity index (χ2n) is 10.0. The van der Waals surface area contributed by atoms with Gasteiger partial charge in [-0.25, -0.2) is 9.59 Å². The molecule has 0 heterocycles. The van der Waals surface area contributed by atoms with E-state index in [2.05, 4.69) is 16.0 Å². The zero-order valence-corrected chi connectivity index (χ0v) is 25.0. The molecule has 0 fully saturated rings. The predicted molar refractivity (Wildman–Crippen MR) is 165 cm³/mol.